The topological polar surface area (TPSA) is 135 Å². The van der Waals surface area contributed by atoms with Crippen LogP contribution in [0.3, 0.4) is 0 Å². The van der Waals surface area contributed by atoms with Crippen molar-refractivity contribution in [1.29, 1.82) is 0 Å². The molecule has 2 aromatic carbocycles. The van der Waals surface area contributed by atoms with E-state index in [0.29, 0.717) is 28.7 Å². The monoisotopic (exact) mass is 510 g/mol. The fraction of sp³-hybridized carbons (Fsp3) is 0.241. The van der Waals surface area contributed by atoms with Gasteiger partial charge in [0.15, 0.2) is 11.6 Å². The highest BCUT2D eigenvalue weighted by Crippen LogP contribution is 2.55. The third-order valence-corrected chi connectivity index (χ3v) is 8.11. The van der Waals surface area contributed by atoms with E-state index < -0.39 is 34.5 Å². The number of nitro groups is 1. The highest BCUT2D eigenvalue weighted by Gasteiger charge is 2.56. The predicted octanol–water partition coefficient (Wildman–Crippen LogP) is 3.93. The van der Waals surface area contributed by atoms with Gasteiger partial charge in [-0.1, -0.05) is 23.8 Å². The number of hydrogen-bond acceptors (Lipinski definition) is 7. The maximum atomic E-state index is 13.8. The van der Waals surface area contributed by atoms with Gasteiger partial charge in [0, 0.05) is 34.8 Å². The first-order valence-electron chi connectivity index (χ1n) is 12.3. The molecule has 0 saturated carbocycles. The summed E-state index contributed by atoms with van der Waals surface area (Å²) in [4.78, 5) is 65.4. The van der Waals surface area contributed by atoms with Crippen molar-refractivity contribution in [3.05, 3.63) is 98.7 Å². The van der Waals surface area contributed by atoms with Crippen molar-refractivity contribution in [2.45, 2.75) is 25.7 Å². The maximum absolute atomic E-state index is 13.8. The van der Waals surface area contributed by atoms with E-state index in [4.69, 9.17) is 0 Å². The van der Waals surface area contributed by atoms with Gasteiger partial charge in [-0.2, -0.15) is 0 Å². The van der Waals surface area contributed by atoms with Gasteiger partial charge < -0.3 is 5.11 Å². The largest absolute Gasteiger partial charge is 0.508 e. The van der Waals surface area contributed by atoms with Crippen molar-refractivity contribution in [2.24, 2.45) is 17.8 Å². The summed E-state index contributed by atoms with van der Waals surface area (Å²) in [7, 11) is 0. The predicted molar refractivity (Wildman–Crippen MR) is 135 cm³/mol. The number of anilines is 1. The van der Waals surface area contributed by atoms with Gasteiger partial charge in [-0.25, -0.2) is 0 Å². The SMILES string of the molecule is CC1=CC(=O)C2=C(CC3C(=CCC4C(=O)N(c5ccc([N+](=O)[O-])cc5)C(=O)C43)C2c2ccc(O)cc2)C1=O. The molecule has 0 bridgehead atoms. The van der Waals surface area contributed by atoms with Crippen molar-refractivity contribution >= 4 is 34.8 Å². The van der Waals surface area contributed by atoms with Crippen LogP contribution in [-0.4, -0.2) is 33.4 Å². The number of carbonyl (C=O) groups is 4. The smallest absolute Gasteiger partial charge is 0.269 e. The number of hydrogen-bond donors (Lipinski definition) is 1. The minimum atomic E-state index is -0.736. The average molecular weight is 511 g/mol. The third kappa shape index (κ3) is 3.38. The van der Waals surface area contributed by atoms with Crippen LogP contribution in [0.5, 0.6) is 5.75 Å². The van der Waals surface area contributed by atoms with Crippen LogP contribution in [0, 0.1) is 27.9 Å². The van der Waals surface area contributed by atoms with Crippen LogP contribution in [0.2, 0.25) is 0 Å². The molecule has 1 saturated heterocycles. The first kappa shape index (κ1) is 23.7. The van der Waals surface area contributed by atoms with E-state index in [1.165, 1.54) is 42.5 Å². The number of non-ortho nitro benzene ring substituents is 1. The van der Waals surface area contributed by atoms with Crippen molar-refractivity contribution < 1.29 is 29.2 Å². The molecule has 4 aliphatic rings. The lowest BCUT2D eigenvalue weighted by molar-refractivity contribution is -0.384. The van der Waals surface area contributed by atoms with Crippen LogP contribution in [-0.2, 0) is 19.2 Å². The summed E-state index contributed by atoms with van der Waals surface area (Å²) in [6.45, 7) is 1.59. The van der Waals surface area contributed by atoms with Crippen molar-refractivity contribution in [3.63, 3.8) is 0 Å². The Morgan fingerprint density at radius 2 is 1.63 bits per heavy atom. The Hall–Kier alpha value is -4.66. The molecule has 0 radical (unpaired) electrons. The van der Waals surface area contributed by atoms with Gasteiger partial charge in [0.25, 0.3) is 5.69 Å². The second kappa shape index (κ2) is 8.44. The minimum Gasteiger partial charge on any atom is -0.508 e. The zero-order valence-corrected chi connectivity index (χ0v) is 20.3. The Morgan fingerprint density at radius 3 is 2.29 bits per heavy atom. The van der Waals surface area contributed by atoms with Crippen LogP contribution in [0.25, 0.3) is 0 Å². The molecular weight excluding hydrogens is 488 g/mol. The van der Waals surface area contributed by atoms with Crippen LogP contribution >= 0.6 is 0 Å². The fourth-order valence-electron chi connectivity index (χ4n) is 6.41. The Kier molecular flexibility index (Phi) is 5.27. The van der Waals surface area contributed by atoms with E-state index >= 15 is 0 Å². The Labute approximate surface area is 216 Å². The molecule has 6 rings (SSSR count). The lowest BCUT2D eigenvalue weighted by Crippen LogP contribution is -2.39. The minimum absolute atomic E-state index is 0.0603. The molecule has 190 valence electrons. The summed E-state index contributed by atoms with van der Waals surface area (Å²) in [5, 5.41) is 20.9. The summed E-state index contributed by atoms with van der Waals surface area (Å²) in [6, 6.07) is 11.7. The molecule has 3 aliphatic carbocycles. The molecule has 1 aliphatic heterocycles. The molecular formula is C29H22N2O7. The van der Waals surface area contributed by atoms with E-state index in [9.17, 15) is 34.4 Å². The van der Waals surface area contributed by atoms with Gasteiger partial charge >= 0.3 is 0 Å². The van der Waals surface area contributed by atoms with Crippen molar-refractivity contribution in [3.8, 4) is 5.75 Å². The number of benzene rings is 2. The molecule has 0 spiro atoms. The average Bonchev–Trinajstić information content (AvgIpc) is 3.16. The molecule has 9 heteroatoms. The van der Waals surface area contributed by atoms with Crippen LogP contribution in [0.15, 0.2) is 83.0 Å². The van der Waals surface area contributed by atoms with Crippen LogP contribution in [0.1, 0.15) is 31.2 Å². The molecule has 1 N–H and O–H groups in total. The third-order valence-electron chi connectivity index (χ3n) is 8.11. The number of nitro benzene ring substituents is 1. The van der Waals surface area contributed by atoms with Crippen molar-refractivity contribution in [1.82, 2.24) is 0 Å². The second-order valence-electron chi connectivity index (χ2n) is 10.1. The fourth-order valence-corrected chi connectivity index (χ4v) is 6.41. The number of carbonyl (C=O) groups excluding carboxylic acids is 4. The van der Waals surface area contributed by atoms with Crippen molar-refractivity contribution in [2.75, 3.05) is 4.90 Å². The molecule has 2 amide bonds. The molecule has 4 unspecified atom stereocenters. The van der Waals surface area contributed by atoms with E-state index in [-0.39, 0.29) is 41.0 Å². The molecule has 0 aromatic heterocycles. The van der Waals surface area contributed by atoms with E-state index in [1.54, 1.807) is 19.1 Å². The summed E-state index contributed by atoms with van der Waals surface area (Å²) >= 11 is 0. The Bertz CT molecular complexity index is 1550. The second-order valence-corrected chi connectivity index (χ2v) is 10.1. The number of nitrogens with zero attached hydrogens (tertiary/aromatic N) is 2. The van der Waals surface area contributed by atoms with Gasteiger partial charge in [-0.15, -0.1) is 0 Å². The van der Waals surface area contributed by atoms with Gasteiger partial charge in [-0.05, 0) is 61.6 Å². The lowest BCUT2D eigenvalue weighted by Gasteiger charge is -2.42. The molecule has 1 fully saturated rings. The molecule has 1 heterocycles. The number of fused-ring (bicyclic) bond motifs is 3. The zero-order valence-electron chi connectivity index (χ0n) is 20.3. The summed E-state index contributed by atoms with van der Waals surface area (Å²) < 4.78 is 0. The quantitative estimate of drug-likeness (QED) is 0.217. The summed E-state index contributed by atoms with van der Waals surface area (Å²) in [6.07, 6.45) is 3.72. The lowest BCUT2D eigenvalue weighted by atomic mass is 9.59. The van der Waals surface area contributed by atoms with E-state index in [1.807, 2.05) is 6.08 Å². The van der Waals surface area contributed by atoms with E-state index in [0.717, 1.165) is 10.5 Å². The first-order chi connectivity index (χ1) is 18.2. The van der Waals surface area contributed by atoms with Gasteiger partial charge in [0.05, 0.1) is 22.4 Å². The number of aromatic hydroxyl groups is 1. The van der Waals surface area contributed by atoms with Crippen LogP contribution < -0.4 is 4.90 Å². The number of rotatable bonds is 3. The number of allylic oxidation sites excluding steroid dienone is 6. The molecule has 38 heavy (non-hydrogen) atoms. The number of ketones is 2. The summed E-state index contributed by atoms with van der Waals surface area (Å²) in [5.41, 5.74) is 2.72. The number of phenols is 1. The number of phenolic OH excluding ortho intramolecular Hbond substituents is 1. The van der Waals surface area contributed by atoms with Crippen LogP contribution in [0.4, 0.5) is 11.4 Å². The van der Waals surface area contributed by atoms with E-state index in [2.05, 4.69) is 0 Å². The van der Waals surface area contributed by atoms with Gasteiger partial charge in [0.2, 0.25) is 11.8 Å². The number of imide groups is 1. The van der Waals surface area contributed by atoms with Gasteiger partial charge in [-0.3, -0.25) is 34.2 Å². The Balaban J connectivity index is 1.45. The highest BCUT2D eigenvalue weighted by molar-refractivity contribution is 6.25. The molecule has 4 atom stereocenters. The summed E-state index contributed by atoms with van der Waals surface area (Å²) in [5.74, 6) is -3.67. The Morgan fingerprint density at radius 1 is 0.947 bits per heavy atom. The first-order valence-corrected chi connectivity index (χ1v) is 12.3. The highest BCUT2D eigenvalue weighted by atomic mass is 16.6. The molecule has 2 aromatic rings. The standard InChI is InChI=1S/C29H22N2O7/c1-14-12-23(33)26-22(27(14)34)13-21-19(24(26)15-2-8-18(32)9-3-15)10-11-20-25(21)29(36)30(28(20)35)16-4-6-17(7-5-16)31(37)38/h2-10,12,20-21,24-25,32H,11,13H2,1H3. The zero-order chi connectivity index (χ0) is 26.9. The van der Waals surface area contributed by atoms with Gasteiger partial charge in [0.1, 0.15) is 5.75 Å². The normalized spacial score (nSPS) is 26.5. The molecule has 9 nitrogen and oxygen atoms in total. The number of amides is 2. The number of Topliss-reactive ketones (excluding diaryl/α,β-unsaturated/α-hetero) is 1. The maximum Gasteiger partial charge on any atom is 0.269 e.